The molecule has 1 atom stereocenters. The molecule has 1 aliphatic heterocycles. The molecular formula is C21H26F2N4O2. The van der Waals surface area contributed by atoms with Crippen LogP contribution in [0.4, 0.5) is 8.78 Å². The molecule has 0 spiro atoms. The Morgan fingerprint density at radius 3 is 2.52 bits per heavy atom. The van der Waals surface area contributed by atoms with E-state index in [0.29, 0.717) is 19.0 Å². The van der Waals surface area contributed by atoms with Gasteiger partial charge in [-0.2, -0.15) is 0 Å². The van der Waals surface area contributed by atoms with Crippen LogP contribution in [-0.2, 0) is 6.42 Å². The Labute approximate surface area is 169 Å². The maximum Gasteiger partial charge on any atom is 0.231 e. The van der Waals surface area contributed by atoms with E-state index >= 15 is 0 Å². The van der Waals surface area contributed by atoms with Crippen molar-refractivity contribution in [3.05, 3.63) is 59.2 Å². The van der Waals surface area contributed by atoms with Crippen LogP contribution >= 0.6 is 0 Å². The summed E-state index contributed by atoms with van der Waals surface area (Å²) < 4.78 is 39.1. The highest BCUT2D eigenvalue weighted by Gasteiger charge is 2.22. The van der Waals surface area contributed by atoms with Crippen molar-refractivity contribution in [2.45, 2.75) is 12.5 Å². The average Bonchev–Trinajstić information content (AvgIpc) is 3.16. The van der Waals surface area contributed by atoms with Crippen molar-refractivity contribution < 1.29 is 18.3 Å². The number of fused-ring (bicyclic) bond motifs is 1. The molecule has 1 unspecified atom stereocenters. The monoisotopic (exact) mass is 404 g/mol. The van der Waals surface area contributed by atoms with Crippen molar-refractivity contribution in [2.24, 2.45) is 4.99 Å². The molecule has 1 aliphatic rings. The maximum atomic E-state index is 14.2. The average molecular weight is 404 g/mol. The summed E-state index contributed by atoms with van der Waals surface area (Å²) in [5.41, 5.74) is 1.15. The summed E-state index contributed by atoms with van der Waals surface area (Å²) in [6, 6.07) is 9.28. The number of benzene rings is 2. The molecule has 0 fully saturated rings. The molecule has 0 saturated carbocycles. The Balaban J connectivity index is 1.55. The minimum Gasteiger partial charge on any atom is -0.454 e. The predicted octanol–water partition coefficient (Wildman–Crippen LogP) is 2.70. The zero-order valence-corrected chi connectivity index (χ0v) is 16.8. The zero-order valence-electron chi connectivity index (χ0n) is 16.8. The van der Waals surface area contributed by atoms with Crippen LogP contribution in [-0.4, -0.2) is 51.9 Å². The van der Waals surface area contributed by atoms with Gasteiger partial charge in [0, 0.05) is 25.7 Å². The first-order chi connectivity index (χ1) is 14.0. The largest absolute Gasteiger partial charge is 0.454 e. The van der Waals surface area contributed by atoms with Crippen LogP contribution in [0, 0.1) is 11.6 Å². The number of rotatable bonds is 7. The highest BCUT2D eigenvalue weighted by atomic mass is 19.1. The highest BCUT2D eigenvalue weighted by molar-refractivity contribution is 5.79. The fourth-order valence-electron chi connectivity index (χ4n) is 3.21. The highest BCUT2D eigenvalue weighted by Crippen LogP contribution is 2.32. The number of nitrogens with one attached hydrogen (secondary N) is 2. The van der Waals surface area contributed by atoms with E-state index in [1.54, 1.807) is 26.0 Å². The molecule has 0 bridgehead atoms. The van der Waals surface area contributed by atoms with E-state index in [0.717, 1.165) is 23.5 Å². The van der Waals surface area contributed by atoms with Gasteiger partial charge in [0.25, 0.3) is 0 Å². The second-order valence-corrected chi connectivity index (χ2v) is 6.93. The van der Waals surface area contributed by atoms with Gasteiger partial charge in [-0.3, -0.25) is 4.99 Å². The summed E-state index contributed by atoms with van der Waals surface area (Å²) in [5, 5.41) is 6.37. The Morgan fingerprint density at radius 2 is 1.83 bits per heavy atom. The van der Waals surface area contributed by atoms with Crippen LogP contribution in [0.5, 0.6) is 11.5 Å². The van der Waals surface area contributed by atoms with E-state index in [1.165, 1.54) is 18.2 Å². The number of hydrogen-bond donors (Lipinski definition) is 2. The van der Waals surface area contributed by atoms with E-state index < -0.39 is 17.7 Å². The summed E-state index contributed by atoms with van der Waals surface area (Å²) >= 11 is 0. The quantitative estimate of drug-likeness (QED) is 0.549. The second kappa shape index (κ2) is 9.56. The Morgan fingerprint density at radius 1 is 1.10 bits per heavy atom. The molecule has 156 valence electrons. The SMILES string of the molecule is CN=C(NCCc1ccc2c(c1)OCO2)NCC(c1c(F)cccc1F)N(C)C. The minimum atomic E-state index is -0.559. The fraction of sp³-hybridized carbons (Fsp3) is 0.381. The van der Waals surface area contributed by atoms with Crippen molar-refractivity contribution in [2.75, 3.05) is 41.0 Å². The van der Waals surface area contributed by atoms with Gasteiger partial charge in [-0.25, -0.2) is 8.78 Å². The van der Waals surface area contributed by atoms with Crippen LogP contribution in [0.15, 0.2) is 41.4 Å². The van der Waals surface area contributed by atoms with Crippen molar-refractivity contribution >= 4 is 5.96 Å². The molecule has 1 heterocycles. The first-order valence-electron chi connectivity index (χ1n) is 9.43. The van der Waals surface area contributed by atoms with Crippen LogP contribution in [0.3, 0.4) is 0 Å². The molecule has 3 rings (SSSR count). The van der Waals surface area contributed by atoms with Crippen LogP contribution in [0.1, 0.15) is 17.2 Å². The van der Waals surface area contributed by atoms with Crippen molar-refractivity contribution in [1.29, 1.82) is 0 Å². The molecule has 0 saturated heterocycles. The molecule has 6 nitrogen and oxygen atoms in total. The molecule has 8 heteroatoms. The number of ether oxygens (including phenoxy) is 2. The lowest BCUT2D eigenvalue weighted by Gasteiger charge is -2.26. The molecule has 0 aliphatic carbocycles. The van der Waals surface area contributed by atoms with Crippen molar-refractivity contribution in [3.63, 3.8) is 0 Å². The summed E-state index contributed by atoms with van der Waals surface area (Å²) in [6.45, 7) is 1.19. The molecule has 0 amide bonds. The summed E-state index contributed by atoms with van der Waals surface area (Å²) in [4.78, 5) is 5.96. The number of halogens is 2. The minimum absolute atomic E-state index is 0.0424. The fourth-order valence-corrected chi connectivity index (χ4v) is 3.21. The predicted molar refractivity (Wildman–Crippen MR) is 108 cm³/mol. The third-order valence-electron chi connectivity index (χ3n) is 4.79. The standard InChI is InChI=1S/C21H26F2N4O2/c1-24-21(25-10-9-14-7-8-18-19(11-14)29-13-28-18)26-12-17(27(2)3)20-15(22)5-4-6-16(20)23/h4-8,11,17H,9-10,12-13H2,1-3H3,(H2,24,25,26). The van der Waals surface area contributed by atoms with E-state index in [9.17, 15) is 8.78 Å². The Hall–Kier alpha value is -2.87. The number of aliphatic imine (C=N–C) groups is 1. The lowest BCUT2D eigenvalue weighted by Crippen LogP contribution is -2.42. The van der Waals surface area contributed by atoms with Gasteiger partial charge in [-0.15, -0.1) is 0 Å². The number of likely N-dealkylation sites (N-methyl/N-ethyl adjacent to an activating group) is 1. The molecule has 29 heavy (non-hydrogen) atoms. The number of nitrogens with zero attached hydrogens (tertiary/aromatic N) is 2. The van der Waals surface area contributed by atoms with Gasteiger partial charge in [0.15, 0.2) is 17.5 Å². The molecule has 0 aromatic heterocycles. The van der Waals surface area contributed by atoms with E-state index in [4.69, 9.17) is 9.47 Å². The van der Waals surface area contributed by atoms with Gasteiger partial charge in [0.2, 0.25) is 6.79 Å². The van der Waals surface area contributed by atoms with Gasteiger partial charge in [0.05, 0.1) is 6.04 Å². The summed E-state index contributed by atoms with van der Waals surface area (Å²) in [5.74, 6) is 0.960. The van der Waals surface area contributed by atoms with Gasteiger partial charge >= 0.3 is 0 Å². The first kappa shape index (κ1) is 20.9. The van der Waals surface area contributed by atoms with Gasteiger partial charge in [-0.05, 0) is 50.3 Å². The second-order valence-electron chi connectivity index (χ2n) is 6.93. The van der Waals surface area contributed by atoms with E-state index in [-0.39, 0.29) is 12.4 Å². The van der Waals surface area contributed by atoms with Gasteiger partial charge < -0.3 is 25.0 Å². The first-order valence-corrected chi connectivity index (χ1v) is 9.43. The molecule has 2 aromatic carbocycles. The maximum absolute atomic E-state index is 14.2. The van der Waals surface area contributed by atoms with Crippen molar-refractivity contribution in [3.8, 4) is 11.5 Å². The van der Waals surface area contributed by atoms with Crippen LogP contribution < -0.4 is 20.1 Å². The topological polar surface area (TPSA) is 58.1 Å². The molecule has 0 radical (unpaired) electrons. The Bertz CT molecular complexity index is 854. The van der Waals surface area contributed by atoms with Gasteiger partial charge in [-0.1, -0.05) is 12.1 Å². The smallest absolute Gasteiger partial charge is 0.231 e. The Kier molecular flexibility index (Phi) is 6.87. The number of hydrogen-bond acceptors (Lipinski definition) is 4. The summed E-state index contributed by atoms with van der Waals surface area (Å²) in [6.07, 6.45) is 0.760. The third kappa shape index (κ3) is 5.14. The summed E-state index contributed by atoms with van der Waals surface area (Å²) in [7, 11) is 5.23. The van der Waals surface area contributed by atoms with Crippen molar-refractivity contribution in [1.82, 2.24) is 15.5 Å². The molecule has 2 N–H and O–H groups in total. The van der Waals surface area contributed by atoms with Crippen LogP contribution in [0.2, 0.25) is 0 Å². The van der Waals surface area contributed by atoms with E-state index in [2.05, 4.69) is 15.6 Å². The zero-order chi connectivity index (χ0) is 20.8. The lowest BCUT2D eigenvalue weighted by atomic mass is 10.0. The molecule has 2 aromatic rings. The van der Waals surface area contributed by atoms with Gasteiger partial charge in [0.1, 0.15) is 11.6 Å². The number of guanidine groups is 1. The third-order valence-corrected chi connectivity index (χ3v) is 4.79. The molecular weight excluding hydrogens is 378 g/mol. The van der Waals surface area contributed by atoms with Crippen LogP contribution in [0.25, 0.3) is 0 Å². The van der Waals surface area contributed by atoms with E-state index in [1.807, 2.05) is 18.2 Å². The lowest BCUT2D eigenvalue weighted by molar-refractivity contribution is 0.174. The normalized spacial score (nSPS) is 14.2.